The van der Waals surface area contributed by atoms with Gasteiger partial charge in [-0.15, -0.1) is 11.3 Å². The minimum Gasteiger partial charge on any atom is -0.322 e. The summed E-state index contributed by atoms with van der Waals surface area (Å²) < 4.78 is 12.8. The van der Waals surface area contributed by atoms with E-state index in [9.17, 15) is 4.39 Å². The zero-order valence-electron chi connectivity index (χ0n) is 9.27. The summed E-state index contributed by atoms with van der Waals surface area (Å²) in [6.45, 7) is 0. The van der Waals surface area contributed by atoms with Gasteiger partial charge in [-0.3, -0.25) is 0 Å². The van der Waals surface area contributed by atoms with Gasteiger partial charge >= 0.3 is 0 Å². The first-order chi connectivity index (χ1) is 8.24. The van der Waals surface area contributed by atoms with Gasteiger partial charge in [0.2, 0.25) is 0 Å². The molecule has 1 aromatic heterocycles. The molecule has 2 aromatic rings. The molecule has 1 fully saturated rings. The minimum atomic E-state index is -0.223. The van der Waals surface area contributed by atoms with Gasteiger partial charge in [0.15, 0.2) is 0 Å². The van der Waals surface area contributed by atoms with Gasteiger partial charge in [-0.1, -0.05) is 0 Å². The van der Waals surface area contributed by atoms with Crippen molar-refractivity contribution in [1.29, 1.82) is 0 Å². The van der Waals surface area contributed by atoms with Gasteiger partial charge in [0.25, 0.3) is 0 Å². The standard InChI is InChI=1S/C13H13FN2S/c14-10-5-3-8(4-6-10)11-7-17-13(16-11)12(15)9-1-2-9/h3-7,9,12H,1-2,15H2. The number of benzene rings is 1. The minimum absolute atomic E-state index is 0.0780. The second-order valence-corrected chi connectivity index (χ2v) is 5.33. The molecule has 1 unspecified atom stereocenters. The second-order valence-electron chi connectivity index (χ2n) is 4.44. The normalized spacial score (nSPS) is 17.1. The number of rotatable bonds is 3. The smallest absolute Gasteiger partial charge is 0.123 e. The fourth-order valence-electron chi connectivity index (χ4n) is 1.85. The third-order valence-corrected chi connectivity index (χ3v) is 4.02. The molecular formula is C13H13FN2S. The summed E-state index contributed by atoms with van der Waals surface area (Å²) in [5.74, 6) is 0.390. The number of hydrogen-bond acceptors (Lipinski definition) is 3. The highest BCUT2D eigenvalue weighted by Gasteiger charge is 2.31. The zero-order valence-corrected chi connectivity index (χ0v) is 10.1. The van der Waals surface area contributed by atoms with E-state index in [0.717, 1.165) is 16.3 Å². The van der Waals surface area contributed by atoms with Crippen LogP contribution in [0.3, 0.4) is 0 Å². The van der Waals surface area contributed by atoms with Crippen molar-refractivity contribution < 1.29 is 4.39 Å². The highest BCUT2D eigenvalue weighted by molar-refractivity contribution is 7.10. The molecule has 0 radical (unpaired) electrons. The maximum Gasteiger partial charge on any atom is 0.123 e. The first-order valence-corrected chi connectivity index (χ1v) is 6.59. The molecule has 2 N–H and O–H groups in total. The molecule has 1 aromatic carbocycles. The van der Waals surface area contributed by atoms with Crippen LogP contribution in [0.2, 0.25) is 0 Å². The molecule has 88 valence electrons. The summed E-state index contributed by atoms with van der Waals surface area (Å²) >= 11 is 1.60. The first-order valence-electron chi connectivity index (χ1n) is 5.71. The van der Waals surface area contributed by atoms with E-state index in [0.29, 0.717) is 5.92 Å². The second kappa shape index (κ2) is 4.20. The lowest BCUT2D eigenvalue weighted by Crippen LogP contribution is -2.11. The van der Waals surface area contributed by atoms with Crippen LogP contribution in [0.4, 0.5) is 4.39 Å². The van der Waals surface area contributed by atoms with E-state index >= 15 is 0 Å². The van der Waals surface area contributed by atoms with Gasteiger partial charge < -0.3 is 5.73 Å². The molecule has 1 heterocycles. The van der Waals surface area contributed by atoms with Gasteiger partial charge in [-0.25, -0.2) is 9.37 Å². The molecule has 3 rings (SSSR count). The number of aromatic nitrogens is 1. The number of halogens is 1. The van der Waals surface area contributed by atoms with Crippen LogP contribution in [0.1, 0.15) is 23.9 Å². The Kier molecular flexibility index (Phi) is 2.68. The molecule has 2 nitrogen and oxygen atoms in total. The molecule has 1 atom stereocenters. The lowest BCUT2D eigenvalue weighted by molar-refractivity contribution is 0.627. The van der Waals surface area contributed by atoms with Crippen molar-refractivity contribution in [3.8, 4) is 11.3 Å². The van der Waals surface area contributed by atoms with Crippen LogP contribution in [0.25, 0.3) is 11.3 Å². The van der Waals surface area contributed by atoms with E-state index in [1.54, 1.807) is 23.5 Å². The van der Waals surface area contributed by atoms with E-state index in [2.05, 4.69) is 4.98 Å². The summed E-state index contributed by atoms with van der Waals surface area (Å²) in [4.78, 5) is 4.54. The topological polar surface area (TPSA) is 38.9 Å². The van der Waals surface area contributed by atoms with E-state index in [-0.39, 0.29) is 11.9 Å². The molecule has 0 spiro atoms. The highest BCUT2D eigenvalue weighted by Crippen LogP contribution is 2.40. The Bertz CT molecular complexity index is 516. The summed E-state index contributed by atoms with van der Waals surface area (Å²) in [5.41, 5.74) is 7.94. The lowest BCUT2D eigenvalue weighted by atomic mass is 10.1. The van der Waals surface area contributed by atoms with E-state index in [4.69, 9.17) is 5.73 Å². The maximum atomic E-state index is 12.8. The van der Waals surface area contributed by atoms with Crippen LogP contribution in [0, 0.1) is 11.7 Å². The zero-order chi connectivity index (χ0) is 11.8. The Balaban J connectivity index is 1.86. The van der Waals surface area contributed by atoms with Crippen LogP contribution in [0.5, 0.6) is 0 Å². The highest BCUT2D eigenvalue weighted by atomic mass is 32.1. The van der Waals surface area contributed by atoms with Crippen molar-refractivity contribution in [2.75, 3.05) is 0 Å². The predicted molar refractivity (Wildman–Crippen MR) is 67.2 cm³/mol. The number of nitrogens with two attached hydrogens (primary N) is 1. The van der Waals surface area contributed by atoms with Crippen LogP contribution in [-0.4, -0.2) is 4.98 Å². The first kappa shape index (κ1) is 10.9. The molecule has 0 aliphatic heterocycles. The number of thiazole rings is 1. The van der Waals surface area contributed by atoms with Crippen molar-refractivity contribution in [3.63, 3.8) is 0 Å². The molecule has 0 saturated heterocycles. The largest absolute Gasteiger partial charge is 0.322 e. The summed E-state index contributed by atoms with van der Waals surface area (Å²) in [6.07, 6.45) is 2.43. The molecule has 0 amide bonds. The van der Waals surface area contributed by atoms with Gasteiger partial charge in [0.1, 0.15) is 10.8 Å². The van der Waals surface area contributed by atoms with Crippen molar-refractivity contribution in [2.45, 2.75) is 18.9 Å². The predicted octanol–water partition coefficient (Wildman–Crippen LogP) is 3.36. The molecular weight excluding hydrogens is 235 g/mol. The van der Waals surface area contributed by atoms with Crippen LogP contribution >= 0.6 is 11.3 Å². The van der Waals surface area contributed by atoms with Gasteiger partial charge in [-0.05, 0) is 43.0 Å². The third-order valence-electron chi connectivity index (χ3n) is 3.08. The fraction of sp³-hybridized carbons (Fsp3) is 0.308. The van der Waals surface area contributed by atoms with Crippen molar-refractivity contribution in [2.24, 2.45) is 11.7 Å². The maximum absolute atomic E-state index is 12.8. The Hall–Kier alpha value is -1.26. The Morgan fingerprint density at radius 1 is 1.29 bits per heavy atom. The Morgan fingerprint density at radius 2 is 2.00 bits per heavy atom. The number of nitrogens with zero attached hydrogens (tertiary/aromatic N) is 1. The lowest BCUT2D eigenvalue weighted by Gasteiger charge is -2.04. The summed E-state index contributed by atoms with van der Waals surface area (Å²) in [5, 5.41) is 2.98. The van der Waals surface area contributed by atoms with Crippen molar-refractivity contribution >= 4 is 11.3 Å². The molecule has 0 bridgehead atoms. The quantitative estimate of drug-likeness (QED) is 0.904. The van der Waals surface area contributed by atoms with Gasteiger partial charge in [-0.2, -0.15) is 0 Å². The summed E-state index contributed by atoms with van der Waals surface area (Å²) in [6, 6.07) is 6.48. The summed E-state index contributed by atoms with van der Waals surface area (Å²) in [7, 11) is 0. The Labute approximate surface area is 103 Å². The SMILES string of the molecule is NC(c1nc(-c2ccc(F)cc2)cs1)C1CC1. The molecule has 1 aliphatic rings. The molecule has 1 aliphatic carbocycles. The average molecular weight is 248 g/mol. The monoisotopic (exact) mass is 248 g/mol. The van der Waals surface area contributed by atoms with Crippen molar-refractivity contribution in [1.82, 2.24) is 4.98 Å². The van der Waals surface area contributed by atoms with Gasteiger partial charge in [0.05, 0.1) is 11.7 Å². The van der Waals surface area contributed by atoms with Crippen LogP contribution in [-0.2, 0) is 0 Å². The van der Waals surface area contributed by atoms with Gasteiger partial charge in [0, 0.05) is 10.9 Å². The molecule has 1 saturated carbocycles. The van der Waals surface area contributed by atoms with E-state index in [1.165, 1.54) is 25.0 Å². The Morgan fingerprint density at radius 3 is 2.65 bits per heavy atom. The van der Waals surface area contributed by atoms with Crippen LogP contribution in [0.15, 0.2) is 29.6 Å². The molecule has 4 heteroatoms. The average Bonchev–Trinajstić information content (AvgIpc) is 3.07. The fourth-order valence-corrected chi connectivity index (χ4v) is 2.77. The van der Waals surface area contributed by atoms with E-state index < -0.39 is 0 Å². The van der Waals surface area contributed by atoms with E-state index in [1.807, 2.05) is 5.38 Å². The van der Waals surface area contributed by atoms with Crippen LogP contribution < -0.4 is 5.73 Å². The molecule has 17 heavy (non-hydrogen) atoms. The third kappa shape index (κ3) is 2.23. The van der Waals surface area contributed by atoms with Crippen molar-refractivity contribution in [3.05, 3.63) is 40.5 Å². The number of hydrogen-bond donors (Lipinski definition) is 1.